The van der Waals surface area contributed by atoms with Crippen molar-refractivity contribution in [1.29, 1.82) is 0 Å². The van der Waals surface area contributed by atoms with Gasteiger partial charge in [0.1, 0.15) is 5.00 Å². The van der Waals surface area contributed by atoms with Crippen molar-refractivity contribution >= 4 is 45.3 Å². The summed E-state index contributed by atoms with van der Waals surface area (Å²) in [6, 6.07) is 20.3. The molecule has 31 heavy (non-hydrogen) atoms. The molecule has 4 nitrogen and oxygen atoms in total. The van der Waals surface area contributed by atoms with Crippen molar-refractivity contribution in [3.8, 4) is 0 Å². The molecule has 0 aliphatic heterocycles. The molecule has 3 rings (SSSR count). The Morgan fingerprint density at radius 1 is 1.06 bits per heavy atom. The fourth-order valence-corrected chi connectivity index (χ4v) is 4.54. The molecule has 0 aliphatic carbocycles. The molecular weight excluding hydrogens is 424 g/mol. The first-order valence-electron chi connectivity index (χ1n) is 10.5. The molecule has 0 fully saturated rings. The number of nitrogens with one attached hydrogen (secondary N) is 2. The molecule has 0 spiro atoms. The summed E-state index contributed by atoms with van der Waals surface area (Å²) in [5.41, 5.74) is 3.91. The molecule has 0 bridgehead atoms. The van der Waals surface area contributed by atoms with E-state index in [4.69, 9.17) is 17.0 Å². The van der Waals surface area contributed by atoms with Gasteiger partial charge >= 0.3 is 5.97 Å². The lowest BCUT2D eigenvalue weighted by Crippen LogP contribution is -2.20. The number of benzene rings is 2. The Bertz CT molecular complexity index is 1010. The first kappa shape index (κ1) is 23.0. The summed E-state index contributed by atoms with van der Waals surface area (Å²) in [5, 5.41) is 7.53. The van der Waals surface area contributed by atoms with Crippen molar-refractivity contribution in [2.75, 3.05) is 17.2 Å². The van der Waals surface area contributed by atoms with E-state index >= 15 is 0 Å². The number of carbonyl (C=O) groups excluding carboxylic acids is 1. The molecule has 3 aromatic rings. The van der Waals surface area contributed by atoms with Crippen LogP contribution in [0.5, 0.6) is 0 Å². The van der Waals surface area contributed by atoms with Crippen LogP contribution in [0.3, 0.4) is 0 Å². The fraction of sp³-hybridized carbons (Fsp3) is 0.280. The highest BCUT2D eigenvalue weighted by atomic mass is 32.1. The second-order valence-corrected chi connectivity index (χ2v) is 8.89. The van der Waals surface area contributed by atoms with Crippen LogP contribution in [-0.4, -0.2) is 17.7 Å². The van der Waals surface area contributed by atoms with Crippen LogP contribution in [0.4, 0.5) is 10.7 Å². The standard InChI is InChI=1S/C25H28N2O2S2/c1-4-17(3)19-11-13-20(14-12-19)26-25(30)27-23-22(24(28)29-5-2)16-21(31-23)15-18-9-7-6-8-10-18/h6-14,16-17H,4-5,15H2,1-3H3,(H2,26,27,30). The van der Waals surface area contributed by atoms with Crippen LogP contribution in [0, 0.1) is 0 Å². The van der Waals surface area contributed by atoms with E-state index in [2.05, 4.69) is 48.7 Å². The number of rotatable bonds is 8. The quantitative estimate of drug-likeness (QED) is 0.289. The minimum absolute atomic E-state index is 0.327. The lowest BCUT2D eigenvalue weighted by atomic mass is 9.99. The molecule has 162 valence electrons. The van der Waals surface area contributed by atoms with E-state index in [0.717, 1.165) is 23.4 Å². The molecular formula is C25H28N2O2S2. The summed E-state index contributed by atoms with van der Waals surface area (Å²) in [5.74, 6) is 0.182. The molecule has 1 heterocycles. The van der Waals surface area contributed by atoms with E-state index in [1.807, 2.05) is 36.4 Å². The molecule has 0 amide bonds. The first-order chi connectivity index (χ1) is 15.0. The maximum atomic E-state index is 12.5. The van der Waals surface area contributed by atoms with Gasteiger partial charge in [-0.3, -0.25) is 0 Å². The van der Waals surface area contributed by atoms with Crippen LogP contribution < -0.4 is 10.6 Å². The number of thiocarbonyl (C=S) groups is 1. The zero-order chi connectivity index (χ0) is 22.2. The van der Waals surface area contributed by atoms with Crippen LogP contribution in [0.15, 0.2) is 60.7 Å². The normalized spacial score (nSPS) is 11.6. The van der Waals surface area contributed by atoms with Crippen LogP contribution in [-0.2, 0) is 11.2 Å². The third kappa shape index (κ3) is 6.39. The second-order valence-electron chi connectivity index (χ2n) is 7.35. The third-order valence-electron chi connectivity index (χ3n) is 5.08. The van der Waals surface area contributed by atoms with E-state index in [9.17, 15) is 4.79 Å². The smallest absolute Gasteiger partial charge is 0.341 e. The summed E-state index contributed by atoms with van der Waals surface area (Å²) >= 11 is 7.02. The average molecular weight is 453 g/mol. The molecule has 1 atom stereocenters. The highest BCUT2D eigenvalue weighted by Crippen LogP contribution is 2.31. The van der Waals surface area contributed by atoms with Crippen LogP contribution in [0.2, 0.25) is 0 Å². The van der Waals surface area contributed by atoms with Crippen molar-refractivity contribution in [2.45, 2.75) is 39.5 Å². The number of hydrogen-bond acceptors (Lipinski definition) is 4. The minimum atomic E-state index is -0.346. The molecule has 0 saturated heterocycles. The van der Waals surface area contributed by atoms with Crippen LogP contribution >= 0.6 is 23.6 Å². The van der Waals surface area contributed by atoms with E-state index in [1.165, 1.54) is 22.5 Å². The van der Waals surface area contributed by atoms with E-state index in [0.29, 0.717) is 28.2 Å². The summed E-state index contributed by atoms with van der Waals surface area (Å²) in [4.78, 5) is 13.5. The Kier molecular flexibility index (Phi) is 8.20. The predicted molar refractivity (Wildman–Crippen MR) is 135 cm³/mol. The zero-order valence-corrected chi connectivity index (χ0v) is 19.7. The molecule has 2 N–H and O–H groups in total. The number of ether oxygens (including phenoxy) is 1. The molecule has 2 aromatic carbocycles. The number of carbonyl (C=O) groups is 1. The topological polar surface area (TPSA) is 50.4 Å². The van der Waals surface area contributed by atoms with Crippen molar-refractivity contribution in [2.24, 2.45) is 0 Å². The maximum Gasteiger partial charge on any atom is 0.341 e. The van der Waals surface area contributed by atoms with Crippen molar-refractivity contribution in [3.63, 3.8) is 0 Å². The predicted octanol–water partition coefficient (Wildman–Crippen LogP) is 6.84. The van der Waals surface area contributed by atoms with Gasteiger partial charge in [-0.2, -0.15) is 0 Å². The highest BCUT2D eigenvalue weighted by Gasteiger charge is 2.18. The van der Waals surface area contributed by atoms with Crippen LogP contribution in [0.1, 0.15) is 59.5 Å². The SMILES string of the molecule is CCOC(=O)c1cc(Cc2ccccc2)sc1NC(=S)Nc1ccc(C(C)CC)cc1. The number of anilines is 2. The van der Waals surface area contributed by atoms with Gasteiger partial charge in [-0.25, -0.2) is 4.79 Å². The Labute approximate surface area is 193 Å². The summed E-state index contributed by atoms with van der Waals surface area (Å²) in [6.07, 6.45) is 1.85. The first-order valence-corrected chi connectivity index (χ1v) is 11.7. The van der Waals surface area contributed by atoms with Gasteiger partial charge in [0.25, 0.3) is 0 Å². The molecule has 1 unspecified atom stereocenters. The van der Waals surface area contributed by atoms with Crippen molar-refractivity contribution in [3.05, 3.63) is 82.2 Å². The van der Waals surface area contributed by atoms with Gasteiger partial charge < -0.3 is 15.4 Å². The Morgan fingerprint density at radius 3 is 2.42 bits per heavy atom. The van der Waals surface area contributed by atoms with Gasteiger partial charge in [-0.15, -0.1) is 11.3 Å². The van der Waals surface area contributed by atoms with E-state index < -0.39 is 0 Å². The van der Waals surface area contributed by atoms with Crippen LogP contribution in [0.25, 0.3) is 0 Å². The van der Waals surface area contributed by atoms with Gasteiger partial charge in [0.2, 0.25) is 0 Å². The monoisotopic (exact) mass is 452 g/mol. The number of esters is 1. The summed E-state index contributed by atoms with van der Waals surface area (Å²) in [7, 11) is 0. The molecule has 0 saturated carbocycles. The number of hydrogen-bond donors (Lipinski definition) is 2. The van der Waals surface area contributed by atoms with Gasteiger partial charge in [-0.1, -0.05) is 56.3 Å². The molecule has 6 heteroatoms. The lowest BCUT2D eigenvalue weighted by molar-refractivity contribution is 0.0528. The largest absolute Gasteiger partial charge is 0.462 e. The Hall–Kier alpha value is -2.70. The van der Waals surface area contributed by atoms with Gasteiger partial charge in [0.15, 0.2) is 5.11 Å². The lowest BCUT2D eigenvalue weighted by Gasteiger charge is -2.13. The Balaban J connectivity index is 1.73. The highest BCUT2D eigenvalue weighted by molar-refractivity contribution is 7.80. The van der Waals surface area contributed by atoms with Crippen molar-refractivity contribution in [1.82, 2.24) is 0 Å². The zero-order valence-electron chi connectivity index (χ0n) is 18.1. The van der Waals surface area contributed by atoms with Crippen molar-refractivity contribution < 1.29 is 9.53 Å². The van der Waals surface area contributed by atoms with E-state index in [-0.39, 0.29) is 5.97 Å². The minimum Gasteiger partial charge on any atom is -0.462 e. The second kappa shape index (κ2) is 11.1. The summed E-state index contributed by atoms with van der Waals surface area (Å²) < 4.78 is 5.24. The molecule has 0 aliphatic rings. The Morgan fingerprint density at radius 2 is 1.77 bits per heavy atom. The molecule has 0 radical (unpaired) electrons. The maximum absolute atomic E-state index is 12.5. The fourth-order valence-electron chi connectivity index (χ4n) is 3.18. The average Bonchev–Trinajstić information content (AvgIpc) is 3.16. The van der Waals surface area contributed by atoms with Gasteiger partial charge in [0, 0.05) is 17.0 Å². The third-order valence-corrected chi connectivity index (χ3v) is 6.33. The van der Waals surface area contributed by atoms with Gasteiger partial charge in [-0.05, 0) is 60.8 Å². The van der Waals surface area contributed by atoms with E-state index in [1.54, 1.807) is 6.92 Å². The number of thiophene rings is 1. The summed E-state index contributed by atoms with van der Waals surface area (Å²) in [6.45, 7) is 6.53. The molecule has 1 aromatic heterocycles. The van der Waals surface area contributed by atoms with Gasteiger partial charge in [0.05, 0.1) is 12.2 Å².